The maximum atomic E-state index is 10.2. The fourth-order valence-electron chi connectivity index (χ4n) is 2.60. The predicted molar refractivity (Wildman–Crippen MR) is 97.6 cm³/mol. The summed E-state index contributed by atoms with van der Waals surface area (Å²) in [6, 6.07) is 5.51. The first-order valence-electron chi connectivity index (χ1n) is 8.19. The molecule has 2 rings (SSSR count). The van der Waals surface area contributed by atoms with Gasteiger partial charge in [-0.2, -0.15) is 11.8 Å². The number of phenolic OH excluding ortho intramolecular Hbond substituents is 1. The molecule has 1 unspecified atom stereocenters. The molecule has 0 amide bonds. The second-order valence-corrected chi connectivity index (χ2v) is 6.89. The van der Waals surface area contributed by atoms with Gasteiger partial charge in [0.25, 0.3) is 0 Å². The molecule has 1 atom stereocenters. The summed E-state index contributed by atoms with van der Waals surface area (Å²) in [7, 11) is 1.56. The van der Waals surface area contributed by atoms with Crippen molar-refractivity contribution in [1.82, 2.24) is 10.2 Å². The number of rotatable bonds is 5. The number of thioether (sulfide) groups is 1. The summed E-state index contributed by atoms with van der Waals surface area (Å²) in [5.41, 5.74) is 0.776. The maximum Gasteiger partial charge on any atom is 0.194 e. The summed E-state index contributed by atoms with van der Waals surface area (Å²) in [5, 5.41) is 14.2. The first-order chi connectivity index (χ1) is 11.2. The molecular weight excluding hydrogens is 310 g/mol. The summed E-state index contributed by atoms with van der Waals surface area (Å²) < 4.78 is 5.16. The highest BCUT2D eigenvalue weighted by Gasteiger charge is 2.21. The largest absolute Gasteiger partial charge is 0.504 e. The molecule has 5 nitrogen and oxygen atoms in total. The molecule has 1 saturated heterocycles. The van der Waals surface area contributed by atoms with Gasteiger partial charge in [0.2, 0.25) is 0 Å². The molecule has 1 heterocycles. The lowest BCUT2D eigenvalue weighted by Crippen LogP contribution is -2.48. The number of phenols is 1. The summed E-state index contributed by atoms with van der Waals surface area (Å²) in [6.07, 6.45) is 1.18. The zero-order valence-corrected chi connectivity index (χ0v) is 15.0. The number of benzene rings is 1. The summed E-state index contributed by atoms with van der Waals surface area (Å²) in [5.74, 6) is 2.72. The molecule has 0 bridgehead atoms. The summed E-state index contributed by atoms with van der Waals surface area (Å²) in [4.78, 5) is 7.04. The first kappa shape index (κ1) is 17.8. The minimum Gasteiger partial charge on any atom is -0.504 e. The summed E-state index contributed by atoms with van der Waals surface area (Å²) in [6.45, 7) is 7.62. The molecule has 1 aromatic rings. The minimum absolute atomic E-state index is 0.176. The first-order valence-corrected chi connectivity index (χ1v) is 9.24. The molecule has 2 N–H and O–H groups in total. The zero-order chi connectivity index (χ0) is 16.7. The van der Waals surface area contributed by atoms with Crippen molar-refractivity contribution in [2.24, 2.45) is 4.99 Å². The van der Waals surface area contributed by atoms with Gasteiger partial charge in [-0.3, -0.25) is 0 Å². The number of methoxy groups -OCH3 is 1. The van der Waals surface area contributed by atoms with E-state index in [9.17, 15) is 5.11 Å². The fourth-order valence-corrected chi connectivity index (χ4v) is 3.78. The van der Waals surface area contributed by atoms with E-state index in [0.29, 0.717) is 17.5 Å². The van der Waals surface area contributed by atoms with Gasteiger partial charge in [0.1, 0.15) is 0 Å². The molecule has 1 aliphatic heterocycles. The van der Waals surface area contributed by atoms with Crippen molar-refractivity contribution in [1.29, 1.82) is 0 Å². The number of hydrogen-bond donors (Lipinski definition) is 2. The van der Waals surface area contributed by atoms with Gasteiger partial charge in [-0.05, 0) is 19.4 Å². The molecular formula is C17H27N3O2S. The number of nitrogens with one attached hydrogen (secondary N) is 1. The third-order valence-corrected chi connectivity index (χ3v) is 5.30. The van der Waals surface area contributed by atoms with Crippen LogP contribution in [0.1, 0.15) is 25.8 Å². The van der Waals surface area contributed by atoms with E-state index in [2.05, 4.69) is 24.1 Å². The van der Waals surface area contributed by atoms with E-state index in [1.165, 1.54) is 6.42 Å². The molecule has 1 aliphatic rings. The Morgan fingerprint density at radius 1 is 1.48 bits per heavy atom. The normalized spacial score (nSPS) is 18.8. The Balaban J connectivity index is 2.12. The number of aliphatic imine (C=N–C) groups is 1. The van der Waals surface area contributed by atoms with Crippen LogP contribution in [0.2, 0.25) is 0 Å². The van der Waals surface area contributed by atoms with Gasteiger partial charge in [-0.15, -0.1) is 0 Å². The Hall–Kier alpha value is -1.56. The number of aromatic hydroxyl groups is 1. The van der Waals surface area contributed by atoms with Crippen molar-refractivity contribution in [3.63, 3.8) is 0 Å². The van der Waals surface area contributed by atoms with E-state index in [1.54, 1.807) is 13.2 Å². The third kappa shape index (κ3) is 4.70. The lowest BCUT2D eigenvalue weighted by Gasteiger charge is -2.34. The number of guanidine groups is 1. The smallest absolute Gasteiger partial charge is 0.194 e. The van der Waals surface area contributed by atoms with E-state index in [4.69, 9.17) is 9.73 Å². The molecule has 6 heteroatoms. The van der Waals surface area contributed by atoms with Gasteiger partial charge in [0.05, 0.1) is 13.7 Å². The second kappa shape index (κ2) is 8.91. The van der Waals surface area contributed by atoms with Crippen molar-refractivity contribution in [3.05, 3.63) is 23.8 Å². The molecule has 23 heavy (non-hydrogen) atoms. The Labute approximate surface area is 143 Å². The average Bonchev–Trinajstić information content (AvgIpc) is 2.59. The molecule has 0 spiro atoms. The van der Waals surface area contributed by atoms with Crippen molar-refractivity contribution < 1.29 is 9.84 Å². The lowest BCUT2D eigenvalue weighted by molar-refractivity contribution is 0.370. The van der Waals surface area contributed by atoms with Crippen LogP contribution in [0.15, 0.2) is 23.2 Å². The van der Waals surface area contributed by atoms with Crippen LogP contribution < -0.4 is 10.1 Å². The Morgan fingerprint density at radius 3 is 3.00 bits per heavy atom. The fraction of sp³-hybridized carbons (Fsp3) is 0.588. The van der Waals surface area contributed by atoms with Gasteiger partial charge in [-0.25, -0.2) is 4.99 Å². The van der Waals surface area contributed by atoms with Crippen LogP contribution in [0.5, 0.6) is 11.5 Å². The molecule has 0 radical (unpaired) electrons. The van der Waals surface area contributed by atoms with E-state index in [1.807, 2.05) is 23.9 Å². The lowest BCUT2D eigenvalue weighted by atomic mass is 10.2. The maximum absolute atomic E-state index is 10.2. The van der Waals surface area contributed by atoms with Crippen LogP contribution >= 0.6 is 11.8 Å². The van der Waals surface area contributed by atoms with E-state index >= 15 is 0 Å². The topological polar surface area (TPSA) is 57.1 Å². The van der Waals surface area contributed by atoms with Crippen molar-refractivity contribution in [2.75, 3.05) is 32.5 Å². The van der Waals surface area contributed by atoms with Crippen LogP contribution in [0.25, 0.3) is 0 Å². The van der Waals surface area contributed by atoms with Crippen LogP contribution in [0, 0.1) is 0 Å². The van der Waals surface area contributed by atoms with Gasteiger partial charge in [0, 0.05) is 36.2 Å². The van der Waals surface area contributed by atoms with E-state index < -0.39 is 0 Å². The minimum atomic E-state index is 0.176. The van der Waals surface area contributed by atoms with Gasteiger partial charge in [-0.1, -0.05) is 19.1 Å². The predicted octanol–water partition coefficient (Wildman–Crippen LogP) is 2.69. The Bertz CT molecular complexity index is 537. The highest BCUT2D eigenvalue weighted by molar-refractivity contribution is 8.00. The molecule has 0 saturated carbocycles. The number of ether oxygens (including phenoxy) is 1. The number of hydrogen-bond acceptors (Lipinski definition) is 4. The highest BCUT2D eigenvalue weighted by atomic mass is 32.2. The monoisotopic (exact) mass is 337 g/mol. The quantitative estimate of drug-likeness (QED) is 0.639. The average molecular weight is 337 g/mol. The Kier molecular flexibility index (Phi) is 6.89. The molecule has 1 fully saturated rings. The molecule has 0 aromatic heterocycles. The zero-order valence-electron chi connectivity index (χ0n) is 14.2. The summed E-state index contributed by atoms with van der Waals surface area (Å²) >= 11 is 2.04. The van der Waals surface area contributed by atoms with Crippen molar-refractivity contribution in [3.8, 4) is 11.5 Å². The number of nitrogens with zero attached hydrogens (tertiary/aromatic N) is 2. The van der Waals surface area contributed by atoms with E-state index in [-0.39, 0.29) is 5.75 Å². The van der Waals surface area contributed by atoms with Gasteiger partial charge >= 0.3 is 0 Å². The third-order valence-electron chi connectivity index (χ3n) is 3.93. The van der Waals surface area contributed by atoms with Crippen LogP contribution in [0.3, 0.4) is 0 Å². The van der Waals surface area contributed by atoms with Crippen molar-refractivity contribution >= 4 is 17.7 Å². The SMILES string of the molecule is CCNC(=NCc1cccc(OC)c1O)N1CCSC(CC)C1. The standard InChI is InChI=1S/C17H27N3O2S/c1-4-14-12-20(9-10-23-14)17(18-5-2)19-11-13-7-6-8-15(22-3)16(13)21/h6-8,14,21H,4-5,9-12H2,1-3H3,(H,18,19). The number of para-hydroxylation sites is 1. The molecule has 0 aliphatic carbocycles. The van der Waals surface area contributed by atoms with Crippen LogP contribution in [-0.2, 0) is 6.54 Å². The van der Waals surface area contributed by atoms with Gasteiger partial charge < -0.3 is 20.1 Å². The molecule has 1 aromatic carbocycles. The molecule has 128 valence electrons. The van der Waals surface area contributed by atoms with Crippen LogP contribution in [-0.4, -0.2) is 53.7 Å². The highest BCUT2D eigenvalue weighted by Crippen LogP contribution is 2.30. The van der Waals surface area contributed by atoms with Crippen molar-refractivity contribution in [2.45, 2.75) is 32.1 Å². The van der Waals surface area contributed by atoms with E-state index in [0.717, 1.165) is 36.9 Å². The van der Waals surface area contributed by atoms with Gasteiger partial charge in [0.15, 0.2) is 17.5 Å². The Morgan fingerprint density at radius 2 is 2.30 bits per heavy atom. The van der Waals surface area contributed by atoms with Crippen LogP contribution in [0.4, 0.5) is 0 Å². The second-order valence-electron chi connectivity index (χ2n) is 5.49.